The van der Waals surface area contributed by atoms with Crippen molar-refractivity contribution < 1.29 is 22.7 Å². The zero-order valence-electron chi connectivity index (χ0n) is 15.4. The summed E-state index contributed by atoms with van der Waals surface area (Å²) >= 11 is 1.21. The second-order valence-electron chi connectivity index (χ2n) is 7.06. The number of nitrogens with zero attached hydrogens (tertiary/aromatic N) is 4. The predicted octanol–water partition coefficient (Wildman–Crippen LogP) is 4.44. The zero-order chi connectivity index (χ0) is 20.8. The SMILES string of the molecule is CC1(C)CN(C(=O)c2csc(-c3cnccn3)n2)c2cc(C(F)(F)F)ccc2O1. The lowest BCUT2D eigenvalue weighted by Gasteiger charge is -2.39. The smallest absolute Gasteiger partial charge is 0.416 e. The van der Waals surface area contributed by atoms with Gasteiger partial charge in [-0.2, -0.15) is 13.2 Å². The van der Waals surface area contributed by atoms with Crippen molar-refractivity contribution in [1.82, 2.24) is 15.0 Å². The summed E-state index contributed by atoms with van der Waals surface area (Å²) in [4.78, 5) is 26.9. The molecule has 1 aliphatic rings. The molecule has 1 aromatic carbocycles. The molecule has 29 heavy (non-hydrogen) atoms. The van der Waals surface area contributed by atoms with E-state index < -0.39 is 23.2 Å². The molecule has 0 saturated heterocycles. The van der Waals surface area contributed by atoms with Crippen LogP contribution in [0.15, 0.2) is 42.2 Å². The maximum Gasteiger partial charge on any atom is 0.416 e. The van der Waals surface area contributed by atoms with E-state index in [1.165, 1.54) is 40.9 Å². The van der Waals surface area contributed by atoms with Gasteiger partial charge >= 0.3 is 6.18 Å². The zero-order valence-corrected chi connectivity index (χ0v) is 16.2. The van der Waals surface area contributed by atoms with Crippen molar-refractivity contribution in [2.24, 2.45) is 0 Å². The Kier molecular flexibility index (Phi) is 4.53. The number of rotatable bonds is 2. The molecule has 3 heterocycles. The lowest BCUT2D eigenvalue weighted by molar-refractivity contribution is -0.137. The summed E-state index contributed by atoms with van der Waals surface area (Å²) in [6, 6.07) is 3.11. The van der Waals surface area contributed by atoms with Gasteiger partial charge in [-0.3, -0.25) is 19.7 Å². The molecular weight excluding hydrogens is 405 g/mol. The van der Waals surface area contributed by atoms with Gasteiger partial charge in [-0.1, -0.05) is 0 Å². The Balaban J connectivity index is 1.73. The Labute approximate surface area is 168 Å². The summed E-state index contributed by atoms with van der Waals surface area (Å²) in [6.45, 7) is 3.61. The minimum absolute atomic E-state index is 0.0678. The molecule has 0 bridgehead atoms. The number of benzene rings is 1. The molecule has 150 valence electrons. The predicted molar refractivity (Wildman–Crippen MR) is 101 cm³/mol. The maximum atomic E-state index is 13.2. The van der Waals surface area contributed by atoms with Crippen molar-refractivity contribution >= 4 is 22.9 Å². The number of alkyl halides is 3. The number of carbonyl (C=O) groups is 1. The fourth-order valence-corrected chi connectivity index (χ4v) is 3.76. The highest BCUT2D eigenvalue weighted by Gasteiger charge is 2.39. The second kappa shape index (κ2) is 6.80. The highest BCUT2D eigenvalue weighted by molar-refractivity contribution is 7.13. The van der Waals surface area contributed by atoms with Crippen LogP contribution in [0.25, 0.3) is 10.7 Å². The van der Waals surface area contributed by atoms with Gasteiger partial charge < -0.3 is 4.74 Å². The van der Waals surface area contributed by atoms with Crippen LogP contribution in [0.2, 0.25) is 0 Å². The average molecular weight is 420 g/mol. The van der Waals surface area contributed by atoms with E-state index in [1.807, 2.05) is 0 Å². The minimum Gasteiger partial charge on any atom is -0.484 e. The number of amides is 1. The molecule has 0 radical (unpaired) electrons. The van der Waals surface area contributed by atoms with Gasteiger partial charge in [-0.05, 0) is 32.0 Å². The number of ether oxygens (including phenoxy) is 1. The van der Waals surface area contributed by atoms with E-state index in [0.29, 0.717) is 10.7 Å². The third kappa shape index (κ3) is 3.80. The van der Waals surface area contributed by atoms with Gasteiger partial charge in [0.05, 0.1) is 24.0 Å². The number of thiazole rings is 1. The number of hydrogen-bond donors (Lipinski definition) is 0. The normalized spacial score (nSPS) is 15.6. The fourth-order valence-electron chi connectivity index (χ4n) is 3.01. The van der Waals surface area contributed by atoms with Crippen LogP contribution >= 0.6 is 11.3 Å². The van der Waals surface area contributed by atoms with E-state index in [2.05, 4.69) is 15.0 Å². The van der Waals surface area contributed by atoms with Crippen molar-refractivity contribution in [1.29, 1.82) is 0 Å². The van der Waals surface area contributed by atoms with Crippen molar-refractivity contribution in [3.63, 3.8) is 0 Å². The van der Waals surface area contributed by atoms with E-state index in [9.17, 15) is 18.0 Å². The number of hydrogen-bond acceptors (Lipinski definition) is 6. The quantitative estimate of drug-likeness (QED) is 0.613. The van der Waals surface area contributed by atoms with Crippen LogP contribution < -0.4 is 9.64 Å². The Morgan fingerprint density at radius 2 is 2.07 bits per heavy atom. The second-order valence-corrected chi connectivity index (χ2v) is 7.92. The summed E-state index contributed by atoms with van der Waals surface area (Å²) in [7, 11) is 0. The number of anilines is 1. The summed E-state index contributed by atoms with van der Waals surface area (Å²) in [5, 5.41) is 2.06. The van der Waals surface area contributed by atoms with Gasteiger partial charge in [0, 0.05) is 17.8 Å². The first-order valence-corrected chi connectivity index (χ1v) is 9.46. The molecular formula is C19H15F3N4O2S. The Hall–Kier alpha value is -3.01. The van der Waals surface area contributed by atoms with E-state index in [-0.39, 0.29) is 23.7 Å². The standard InChI is InChI=1S/C19H15F3N4O2S/c1-18(2)10-26(14-7-11(19(20,21)22)3-4-15(14)28-18)17(27)13-9-29-16(25-13)12-8-23-5-6-24-12/h3-9H,10H2,1-2H3. The molecule has 6 nitrogen and oxygen atoms in total. The van der Waals surface area contributed by atoms with Crippen molar-refractivity contribution in [2.75, 3.05) is 11.4 Å². The third-order valence-corrected chi connectivity index (χ3v) is 5.12. The molecule has 10 heteroatoms. The molecule has 0 saturated carbocycles. The highest BCUT2D eigenvalue weighted by Crippen LogP contribution is 2.42. The van der Waals surface area contributed by atoms with Crippen LogP contribution in [0, 0.1) is 0 Å². The van der Waals surface area contributed by atoms with Gasteiger partial charge in [0.25, 0.3) is 5.91 Å². The van der Waals surface area contributed by atoms with Crippen LogP contribution in [0.5, 0.6) is 5.75 Å². The van der Waals surface area contributed by atoms with Gasteiger partial charge in [0.1, 0.15) is 27.7 Å². The van der Waals surface area contributed by atoms with Gasteiger partial charge in [-0.25, -0.2) is 4.98 Å². The van der Waals surface area contributed by atoms with Crippen LogP contribution in [0.3, 0.4) is 0 Å². The number of carbonyl (C=O) groups excluding carboxylic acids is 1. The monoisotopic (exact) mass is 420 g/mol. The Morgan fingerprint density at radius 3 is 2.76 bits per heavy atom. The third-order valence-electron chi connectivity index (χ3n) is 4.25. The molecule has 0 spiro atoms. The van der Waals surface area contributed by atoms with Gasteiger partial charge in [0.2, 0.25) is 0 Å². The molecule has 0 N–H and O–H groups in total. The average Bonchev–Trinajstić information content (AvgIpc) is 3.16. The summed E-state index contributed by atoms with van der Waals surface area (Å²) in [6.07, 6.45) is 0.0259. The number of halogens is 3. The Morgan fingerprint density at radius 1 is 1.28 bits per heavy atom. The van der Waals surface area contributed by atoms with Gasteiger partial charge in [0.15, 0.2) is 0 Å². The molecule has 4 rings (SSSR count). The first-order chi connectivity index (χ1) is 13.6. The Bertz CT molecular complexity index is 1070. The van der Waals surface area contributed by atoms with Crippen LogP contribution in [-0.2, 0) is 6.18 Å². The lowest BCUT2D eigenvalue weighted by Crippen LogP contribution is -2.49. The van der Waals surface area contributed by atoms with E-state index in [4.69, 9.17) is 4.74 Å². The molecule has 0 atom stereocenters. The van der Waals surface area contributed by atoms with Crippen molar-refractivity contribution in [3.8, 4) is 16.5 Å². The molecule has 0 unspecified atom stereocenters. The molecule has 1 aliphatic heterocycles. The fraction of sp³-hybridized carbons (Fsp3) is 0.263. The van der Waals surface area contributed by atoms with Crippen LogP contribution in [0.4, 0.5) is 18.9 Å². The summed E-state index contributed by atoms with van der Waals surface area (Å²) < 4.78 is 45.3. The summed E-state index contributed by atoms with van der Waals surface area (Å²) in [5.74, 6) is -0.291. The highest BCUT2D eigenvalue weighted by atomic mass is 32.1. The van der Waals surface area contributed by atoms with Crippen LogP contribution in [0.1, 0.15) is 29.9 Å². The van der Waals surface area contributed by atoms with Crippen molar-refractivity contribution in [2.45, 2.75) is 25.6 Å². The molecule has 0 fully saturated rings. The van der Waals surface area contributed by atoms with Gasteiger partial charge in [-0.15, -0.1) is 11.3 Å². The van der Waals surface area contributed by atoms with E-state index >= 15 is 0 Å². The minimum atomic E-state index is -4.53. The largest absolute Gasteiger partial charge is 0.484 e. The maximum absolute atomic E-state index is 13.2. The lowest BCUT2D eigenvalue weighted by atomic mass is 10.0. The van der Waals surface area contributed by atoms with Crippen molar-refractivity contribution in [3.05, 3.63) is 53.4 Å². The molecule has 2 aromatic heterocycles. The number of fused-ring (bicyclic) bond motifs is 1. The van der Waals surface area contributed by atoms with E-state index in [1.54, 1.807) is 19.2 Å². The summed E-state index contributed by atoms with van der Waals surface area (Å²) in [5.41, 5.74) is -0.920. The first kappa shape index (κ1) is 19.3. The van der Waals surface area contributed by atoms with E-state index in [0.717, 1.165) is 12.1 Å². The topological polar surface area (TPSA) is 68.2 Å². The molecule has 3 aromatic rings. The van der Waals surface area contributed by atoms with Crippen LogP contribution in [-0.4, -0.2) is 33.0 Å². The molecule has 0 aliphatic carbocycles. The number of aromatic nitrogens is 3. The first-order valence-electron chi connectivity index (χ1n) is 8.58. The molecule has 1 amide bonds.